The molecular formula is C18H19ClN4O2S. The van der Waals surface area contributed by atoms with Crippen LogP contribution in [0.2, 0.25) is 4.34 Å². The van der Waals surface area contributed by atoms with Gasteiger partial charge in [0.05, 0.1) is 18.0 Å². The third kappa shape index (κ3) is 4.17. The Labute approximate surface area is 160 Å². The van der Waals surface area contributed by atoms with Gasteiger partial charge in [0.1, 0.15) is 17.6 Å². The first-order chi connectivity index (χ1) is 12.6. The molecule has 0 radical (unpaired) electrons. The number of aryl methyl sites for hydroxylation is 1. The zero-order valence-corrected chi connectivity index (χ0v) is 16.0. The number of carbonyl (C=O) groups is 1. The fourth-order valence-electron chi connectivity index (χ4n) is 2.64. The number of nitrogens with one attached hydrogen (secondary N) is 2. The summed E-state index contributed by atoms with van der Waals surface area (Å²) in [6.07, 6.45) is 3.54. The predicted molar refractivity (Wildman–Crippen MR) is 103 cm³/mol. The Morgan fingerprint density at radius 2 is 2.15 bits per heavy atom. The van der Waals surface area contributed by atoms with E-state index in [0.29, 0.717) is 22.5 Å². The SMILES string of the molecule is COc1ccccc1C(NC(=O)NCc1ccc(Cl)s1)c1nccn1C. The second kappa shape index (κ2) is 8.25. The van der Waals surface area contributed by atoms with Crippen molar-refractivity contribution in [3.63, 3.8) is 0 Å². The molecule has 2 amide bonds. The molecule has 8 heteroatoms. The van der Waals surface area contributed by atoms with Gasteiger partial charge in [-0.15, -0.1) is 11.3 Å². The molecular weight excluding hydrogens is 372 g/mol. The Morgan fingerprint density at radius 3 is 2.81 bits per heavy atom. The molecule has 0 spiro atoms. The second-order valence-corrected chi connectivity index (χ2v) is 7.40. The molecule has 26 heavy (non-hydrogen) atoms. The van der Waals surface area contributed by atoms with Crippen LogP contribution in [0.25, 0.3) is 0 Å². The lowest BCUT2D eigenvalue weighted by atomic mass is 10.0. The number of amides is 2. The molecule has 2 heterocycles. The number of nitrogens with zero attached hydrogens (tertiary/aromatic N) is 2. The standard InChI is InChI=1S/C18H19ClN4O2S/c1-23-10-9-20-17(23)16(13-5-3-4-6-14(13)25-2)22-18(24)21-11-12-7-8-15(19)26-12/h3-10,16H,11H2,1-2H3,(H2,21,22,24). The van der Waals surface area contributed by atoms with E-state index in [-0.39, 0.29) is 6.03 Å². The molecule has 1 aromatic carbocycles. The van der Waals surface area contributed by atoms with Crippen molar-refractivity contribution in [2.45, 2.75) is 12.6 Å². The molecule has 6 nitrogen and oxygen atoms in total. The van der Waals surface area contributed by atoms with Gasteiger partial charge in [-0.1, -0.05) is 29.8 Å². The highest BCUT2D eigenvalue weighted by molar-refractivity contribution is 7.16. The molecule has 3 rings (SSSR count). The third-order valence-electron chi connectivity index (χ3n) is 3.89. The molecule has 0 fully saturated rings. The number of methoxy groups -OCH3 is 1. The lowest BCUT2D eigenvalue weighted by molar-refractivity contribution is 0.237. The van der Waals surface area contributed by atoms with Crippen LogP contribution in [0.5, 0.6) is 5.75 Å². The number of hydrogen-bond acceptors (Lipinski definition) is 4. The molecule has 1 unspecified atom stereocenters. The third-order valence-corrected chi connectivity index (χ3v) is 5.13. The van der Waals surface area contributed by atoms with E-state index < -0.39 is 6.04 Å². The molecule has 1 atom stereocenters. The minimum atomic E-state index is -0.446. The van der Waals surface area contributed by atoms with E-state index in [9.17, 15) is 4.79 Å². The molecule has 136 valence electrons. The number of benzene rings is 1. The first-order valence-electron chi connectivity index (χ1n) is 7.97. The normalized spacial score (nSPS) is 11.8. The van der Waals surface area contributed by atoms with Crippen LogP contribution < -0.4 is 15.4 Å². The van der Waals surface area contributed by atoms with Crippen molar-refractivity contribution in [2.75, 3.05) is 7.11 Å². The van der Waals surface area contributed by atoms with Crippen molar-refractivity contribution in [1.82, 2.24) is 20.2 Å². The topological polar surface area (TPSA) is 68.2 Å². The summed E-state index contributed by atoms with van der Waals surface area (Å²) in [5, 5.41) is 5.84. The smallest absolute Gasteiger partial charge is 0.315 e. The van der Waals surface area contributed by atoms with Crippen LogP contribution in [0.4, 0.5) is 4.79 Å². The summed E-state index contributed by atoms with van der Waals surface area (Å²) < 4.78 is 8.02. The molecule has 0 bridgehead atoms. The maximum atomic E-state index is 12.5. The van der Waals surface area contributed by atoms with Gasteiger partial charge in [0, 0.05) is 29.9 Å². The molecule has 0 aliphatic rings. The average molecular weight is 391 g/mol. The average Bonchev–Trinajstić information content (AvgIpc) is 3.26. The Bertz CT molecular complexity index is 893. The van der Waals surface area contributed by atoms with Crippen molar-refractivity contribution in [3.8, 4) is 5.75 Å². The molecule has 0 aliphatic heterocycles. The van der Waals surface area contributed by atoms with Gasteiger partial charge < -0.3 is 19.9 Å². The molecule has 3 aromatic rings. The summed E-state index contributed by atoms with van der Waals surface area (Å²) in [6, 6.07) is 10.5. The van der Waals surface area contributed by atoms with Gasteiger partial charge >= 0.3 is 6.03 Å². The van der Waals surface area contributed by atoms with Crippen LogP contribution >= 0.6 is 22.9 Å². The number of hydrogen-bond donors (Lipinski definition) is 2. The van der Waals surface area contributed by atoms with E-state index >= 15 is 0 Å². The van der Waals surface area contributed by atoms with Crippen molar-refractivity contribution in [1.29, 1.82) is 0 Å². The monoisotopic (exact) mass is 390 g/mol. The number of imidazole rings is 1. The maximum Gasteiger partial charge on any atom is 0.315 e. The highest BCUT2D eigenvalue weighted by Crippen LogP contribution is 2.29. The maximum absolute atomic E-state index is 12.5. The number of urea groups is 1. The van der Waals surface area contributed by atoms with Crippen molar-refractivity contribution in [3.05, 3.63) is 69.4 Å². The summed E-state index contributed by atoms with van der Waals surface area (Å²) in [5.74, 6) is 1.40. The van der Waals surface area contributed by atoms with Gasteiger partial charge in [0.25, 0.3) is 0 Å². The number of aromatic nitrogens is 2. The minimum absolute atomic E-state index is 0.298. The number of rotatable bonds is 6. The highest BCUT2D eigenvalue weighted by atomic mass is 35.5. The largest absolute Gasteiger partial charge is 0.496 e. The molecule has 0 aliphatic carbocycles. The van der Waals surface area contributed by atoms with E-state index in [1.54, 1.807) is 13.3 Å². The summed E-state index contributed by atoms with van der Waals surface area (Å²) in [6.45, 7) is 0.405. The lowest BCUT2D eigenvalue weighted by Gasteiger charge is -2.21. The van der Waals surface area contributed by atoms with Crippen LogP contribution in [0.1, 0.15) is 22.3 Å². The molecule has 2 N–H and O–H groups in total. The van der Waals surface area contributed by atoms with Gasteiger partial charge in [-0.25, -0.2) is 9.78 Å². The summed E-state index contributed by atoms with van der Waals surface area (Å²) in [5.41, 5.74) is 0.832. The van der Waals surface area contributed by atoms with E-state index in [1.807, 2.05) is 54.2 Å². The molecule has 0 saturated heterocycles. The Balaban J connectivity index is 1.80. The number of ether oxygens (including phenoxy) is 1. The second-order valence-electron chi connectivity index (χ2n) is 5.60. The Kier molecular flexibility index (Phi) is 5.80. The first kappa shape index (κ1) is 18.3. The highest BCUT2D eigenvalue weighted by Gasteiger charge is 2.23. The lowest BCUT2D eigenvalue weighted by Crippen LogP contribution is -2.38. The first-order valence-corrected chi connectivity index (χ1v) is 9.16. The van der Waals surface area contributed by atoms with Crippen LogP contribution in [-0.4, -0.2) is 22.7 Å². The predicted octanol–water partition coefficient (Wildman–Crippen LogP) is 3.73. The van der Waals surface area contributed by atoms with Crippen LogP contribution in [0.15, 0.2) is 48.8 Å². The van der Waals surface area contributed by atoms with Crippen molar-refractivity contribution >= 4 is 29.0 Å². The quantitative estimate of drug-likeness (QED) is 0.673. The van der Waals surface area contributed by atoms with E-state index in [4.69, 9.17) is 16.3 Å². The fourth-order valence-corrected chi connectivity index (χ4v) is 3.67. The van der Waals surface area contributed by atoms with Gasteiger partial charge in [0.2, 0.25) is 0 Å². The number of carbonyl (C=O) groups excluding carboxylic acids is 1. The molecule has 2 aromatic heterocycles. The van der Waals surface area contributed by atoms with E-state index in [0.717, 1.165) is 10.4 Å². The Morgan fingerprint density at radius 1 is 1.35 bits per heavy atom. The number of halogens is 1. The van der Waals surface area contributed by atoms with Crippen molar-refractivity contribution in [2.24, 2.45) is 7.05 Å². The zero-order chi connectivity index (χ0) is 18.5. The summed E-state index contributed by atoms with van der Waals surface area (Å²) in [4.78, 5) is 17.9. The van der Waals surface area contributed by atoms with Crippen LogP contribution in [-0.2, 0) is 13.6 Å². The van der Waals surface area contributed by atoms with Crippen LogP contribution in [0.3, 0.4) is 0 Å². The zero-order valence-electron chi connectivity index (χ0n) is 14.4. The molecule has 0 saturated carbocycles. The van der Waals surface area contributed by atoms with Gasteiger partial charge in [0.15, 0.2) is 0 Å². The summed E-state index contributed by atoms with van der Waals surface area (Å²) >= 11 is 7.36. The fraction of sp³-hybridized carbons (Fsp3) is 0.222. The van der Waals surface area contributed by atoms with Crippen LogP contribution in [0, 0.1) is 0 Å². The van der Waals surface area contributed by atoms with Crippen molar-refractivity contribution < 1.29 is 9.53 Å². The number of para-hydroxylation sites is 1. The minimum Gasteiger partial charge on any atom is -0.496 e. The van der Waals surface area contributed by atoms with Gasteiger partial charge in [-0.2, -0.15) is 0 Å². The van der Waals surface area contributed by atoms with E-state index in [2.05, 4.69) is 15.6 Å². The van der Waals surface area contributed by atoms with E-state index in [1.165, 1.54) is 11.3 Å². The van der Waals surface area contributed by atoms with Gasteiger partial charge in [-0.3, -0.25) is 0 Å². The Hall–Kier alpha value is -2.51. The number of thiophene rings is 1. The summed E-state index contributed by atoms with van der Waals surface area (Å²) in [7, 11) is 3.49. The van der Waals surface area contributed by atoms with Gasteiger partial charge in [-0.05, 0) is 18.2 Å².